The molecule has 3 heterocycles. The average Bonchev–Trinajstić information content (AvgIpc) is 3.22. The lowest BCUT2D eigenvalue weighted by Gasteiger charge is -2.36. The fourth-order valence-corrected chi connectivity index (χ4v) is 5.97. The summed E-state index contributed by atoms with van der Waals surface area (Å²) >= 11 is 0. The van der Waals surface area contributed by atoms with Crippen LogP contribution in [0.2, 0.25) is 0 Å². The summed E-state index contributed by atoms with van der Waals surface area (Å²) in [5, 5.41) is 1.07. The molecule has 2 aliphatic rings. The molecule has 2 saturated heterocycles. The topological polar surface area (TPSA) is 82.7 Å². The van der Waals surface area contributed by atoms with Crippen LogP contribution in [0.4, 0.5) is 5.69 Å². The van der Waals surface area contributed by atoms with Crippen LogP contribution in [0.25, 0.3) is 22.2 Å². The van der Waals surface area contributed by atoms with E-state index in [4.69, 9.17) is 4.74 Å². The summed E-state index contributed by atoms with van der Waals surface area (Å²) in [5.41, 5.74) is 3.70. The number of benzene rings is 2. The summed E-state index contributed by atoms with van der Waals surface area (Å²) in [6.45, 7) is 6.57. The van der Waals surface area contributed by atoms with Crippen molar-refractivity contribution in [3.63, 3.8) is 0 Å². The van der Waals surface area contributed by atoms with Crippen molar-refractivity contribution in [2.75, 3.05) is 44.3 Å². The van der Waals surface area contributed by atoms with Crippen LogP contribution >= 0.6 is 0 Å². The molecule has 2 aliphatic heterocycles. The number of nitrogens with one attached hydrogen (secondary N) is 1. The smallest absolute Gasteiger partial charge is 0.244 e. The van der Waals surface area contributed by atoms with Crippen LogP contribution in [0.5, 0.6) is 0 Å². The number of nitrogens with zero attached hydrogens (tertiary/aromatic N) is 2. The molecule has 1 N–H and O–H groups in total. The van der Waals surface area contributed by atoms with Crippen LogP contribution in [0.3, 0.4) is 0 Å². The molecule has 0 saturated carbocycles. The van der Waals surface area contributed by atoms with Crippen molar-refractivity contribution in [2.24, 2.45) is 0 Å². The zero-order chi connectivity index (χ0) is 23.2. The molecule has 174 valence electrons. The molecule has 8 heteroatoms. The molecular weight excluding hydrogens is 438 g/mol. The Labute approximate surface area is 194 Å². The Morgan fingerprint density at radius 3 is 2.39 bits per heavy atom. The maximum atomic E-state index is 13.8. The maximum absolute atomic E-state index is 13.8. The zero-order valence-electron chi connectivity index (χ0n) is 19.0. The number of amides is 1. The highest BCUT2D eigenvalue weighted by molar-refractivity contribution is 7.93. The summed E-state index contributed by atoms with van der Waals surface area (Å²) in [4.78, 5) is 20.7. The molecule has 0 bridgehead atoms. The Morgan fingerprint density at radius 2 is 1.73 bits per heavy atom. The lowest BCUT2D eigenvalue weighted by atomic mass is 10.1. The highest BCUT2D eigenvalue weighted by atomic mass is 32.2. The van der Waals surface area contributed by atoms with E-state index in [0.717, 1.165) is 47.4 Å². The van der Waals surface area contributed by atoms with Crippen LogP contribution in [0, 0.1) is 0 Å². The van der Waals surface area contributed by atoms with Crippen LogP contribution in [-0.2, 0) is 19.4 Å². The first kappa shape index (κ1) is 22.0. The molecular formula is C25H29N3O4S. The van der Waals surface area contributed by atoms with E-state index in [-0.39, 0.29) is 10.8 Å². The second-order valence-electron chi connectivity index (χ2n) is 9.21. The number of anilines is 1. The lowest BCUT2D eigenvalue weighted by molar-refractivity contribution is -0.137. The number of para-hydroxylation sites is 1. The van der Waals surface area contributed by atoms with Gasteiger partial charge in [0.1, 0.15) is 4.75 Å². The number of morpholine rings is 1. The first-order valence-corrected chi connectivity index (χ1v) is 12.9. The molecule has 0 radical (unpaired) electrons. The lowest BCUT2D eigenvalue weighted by Crippen LogP contribution is -2.53. The number of aromatic nitrogens is 1. The number of sulfone groups is 1. The van der Waals surface area contributed by atoms with Gasteiger partial charge in [-0.05, 0) is 50.6 Å². The third kappa shape index (κ3) is 3.71. The second-order valence-corrected chi connectivity index (χ2v) is 11.7. The Hall–Kier alpha value is -2.84. The molecule has 1 aromatic heterocycles. The van der Waals surface area contributed by atoms with E-state index in [2.05, 4.69) is 9.88 Å². The van der Waals surface area contributed by atoms with Gasteiger partial charge in [-0.2, -0.15) is 0 Å². The van der Waals surface area contributed by atoms with E-state index in [0.29, 0.717) is 26.3 Å². The number of carbonyl (C=O) groups excluding carboxylic acids is 1. The van der Waals surface area contributed by atoms with Gasteiger partial charge in [0.15, 0.2) is 9.84 Å². The zero-order valence-corrected chi connectivity index (χ0v) is 19.8. The molecule has 5 rings (SSSR count). The fraction of sp³-hybridized carbons (Fsp3) is 0.400. The maximum Gasteiger partial charge on any atom is 0.244 e. The molecule has 0 spiro atoms. The van der Waals surface area contributed by atoms with Crippen molar-refractivity contribution < 1.29 is 17.9 Å². The first-order valence-electron chi connectivity index (χ1n) is 11.4. The normalized spacial score (nSPS) is 17.3. The van der Waals surface area contributed by atoms with Gasteiger partial charge in [-0.25, -0.2) is 8.42 Å². The average molecular weight is 468 g/mol. The number of fused-ring (bicyclic) bond motifs is 1. The second kappa shape index (κ2) is 8.18. The quantitative estimate of drug-likeness (QED) is 0.621. The van der Waals surface area contributed by atoms with Crippen molar-refractivity contribution in [3.8, 4) is 11.3 Å². The predicted molar refractivity (Wildman–Crippen MR) is 129 cm³/mol. The number of H-pyrrole nitrogens is 1. The molecule has 7 nitrogen and oxygen atoms in total. The summed E-state index contributed by atoms with van der Waals surface area (Å²) in [5.74, 6) is -0.384. The Bertz CT molecular complexity index is 1270. The standard InChI is InChI=1S/C25H29N3O4S/c1-25(2,24(29)28-12-14-32-15-13-28)33(30,31)19-8-9-23(27-10-5-11-27)20(17-19)22-16-18-6-3-4-7-21(18)26-22/h3-4,6-9,16-17,26H,5,10-15H2,1-2H3. The van der Waals surface area contributed by atoms with Crippen molar-refractivity contribution in [1.29, 1.82) is 0 Å². The molecule has 0 atom stereocenters. The summed E-state index contributed by atoms with van der Waals surface area (Å²) < 4.78 is 31.3. The van der Waals surface area contributed by atoms with Crippen molar-refractivity contribution in [2.45, 2.75) is 29.9 Å². The predicted octanol–water partition coefficient (Wildman–Crippen LogP) is 3.46. The minimum absolute atomic E-state index is 0.159. The van der Waals surface area contributed by atoms with Gasteiger partial charge in [-0.1, -0.05) is 18.2 Å². The number of carbonyl (C=O) groups is 1. The highest BCUT2D eigenvalue weighted by Gasteiger charge is 2.45. The molecule has 0 aliphatic carbocycles. The van der Waals surface area contributed by atoms with Crippen molar-refractivity contribution >= 4 is 32.3 Å². The fourth-order valence-electron chi connectivity index (χ4n) is 4.51. The Morgan fingerprint density at radius 1 is 1.00 bits per heavy atom. The SMILES string of the molecule is CC(C)(C(=O)N1CCOCC1)S(=O)(=O)c1ccc(N2CCC2)c(-c2cc3ccccc3[nH]2)c1. The molecule has 0 unspecified atom stereocenters. The minimum atomic E-state index is -3.94. The minimum Gasteiger partial charge on any atom is -0.378 e. The van der Waals surface area contributed by atoms with Crippen molar-refractivity contribution in [3.05, 3.63) is 48.5 Å². The number of ether oxygens (including phenoxy) is 1. The van der Waals surface area contributed by atoms with E-state index >= 15 is 0 Å². The molecule has 1 amide bonds. The number of hydrogen-bond donors (Lipinski definition) is 1. The number of hydrogen-bond acceptors (Lipinski definition) is 5. The van der Waals surface area contributed by atoms with Gasteiger partial charge in [0, 0.05) is 54.0 Å². The van der Waals surface area contributed by atoms with Gasteiger partial charge in [-0.15, -0.1) is 0 Å². The summed E-state index contributed by atoms with van der Waals surface area (Å²) in [6, 6.07) is 15.3. The first-order chi connectivity index (χ1) is 15.8. The van der Waals surface area contributed by atoms with E-state index in [1.807, 2.05) is 36.4 Å². The van der Waals surface area contributed by atoms with Crippen molar-refractivity contribution in [1.82, 2.24) is 9.88 Å². The van der Waals surface area contributed by atoms with Crippen LogP contribution in [-0.4, -0.2) is 68.3 Å². The van der Waals surface area contributed by atoms with Crippen LogP contribution in [0.1, 0.15) is 20.3 Å². The van der Waals surface area contributed by atoms with Gasteiger partial charge < -0.3 is 19.5 Å². The number of aromatic amines is 1. The Balaban J connectivity index is 1.58. The van der Waals surface area contributed by atoms with Gasteiger partial charge in [0.2, 0.25) is 5.91 Å². The van der Waals surface area contributed by atoms with Gasteiger partial charge in [0.25, 0.3) is 0 Å². The highest BCUT2D eigenvalue weighted by Crippen LogP contribution is 2.38. The van der Waals surface area contributed by atoms with E-state index in [1.54, 1.807) is 17.0 Å². The van der Waals surface area contributed by atoms with Crippen LogP contribution in [0.15, 0.2) is 53.4 Å². The van der Waals surface area contributed by atoms with Crippen LogP contribution < -0.4 is 4.90 Å². The van der Waals surface area contributed by atoms with Gasteiger partial charge >= 0.3 is 0 Å². The molecule has 2 aromatic carbocycles. The molecule has 2 fully saturated rings. The van der Waals surface area contributed by atoms with Gasteiger partial charge in [-0.3, -0.25) is 4.79 Å². The summed E-state index contributed by atoms with van der Waals surface area (Å²) in [6.07, 6.45) is 1.12. The monoisotopic (exact) mass is 467 g/mol. The van der Waals surface area contributed by atoms with E-state index in [9.17, 15) is 13.2 Å². The third-order valence-corrected chi connectivity index (χ3v) is 9.17. The van der Waals surface area contributed by atoms with E-state index in [1.165, 1.54) is 13.8 Å². The van der Waals surface area contributed by atoms with Gasteiger partial charge in [0.05, 0.1) is 18.1 Å². The summed E-state index contributed by atoms with van der Waals surface area (Å²) in [7, 11) is -3.94. The largest absolute Gasteiger partial charge is 0.378 e. The molecule has 33 heavy (non-hydrogen) atoms. The number of rotatable bonds is 5. The Kier molecular flexibility index (Phi) is 5.45. The van der Waals surface area contributed by atoms with E-state index < -0.39 is 14.6 Å². The molecule has 3 aromatic rings. The third-order valence-electron chi connectivity index (χ3n) is 6.78.